The van der Waals surface area contributed by atoms with Crippen LogP contribution in [-0.2, 0) is 16.1 Å². The molecule has 0 N–H and O–H groups in total. The van der Waals surface area contributed by atoms with Crippen molar-refractivity contribution in [2.75, 3.05) is 0 Å². The van der Waals surface area contributed by atoms with Gasteiger partial charge in [-0.05, 0) is 37.1 Å². The van der Waals surface area contributed by atoms with Crippen LogP contribution >= 0.6 is 0 Å². The molecule has 0 aliphatic carbocycles. The average molecular weight is 294 g/mol. The Hall–Kier alpha value is -2.55. The van der Waals surface area contributed by atoms with Gasteiger partial charge in [0.15, 0.2) is 0 Å². The third-order valence-corrected chi connectivity index (χ3v) is 3.81. The lowest BCUT2D eigenvalue weighted by molar-refractivity contribution is -0.138. The standard InChI is InChI=1S/C19H18O3/c1-13-18(14(2)22-19(13)20)16-8-10-17(11-9-16)21-12-15-6-4-3-5-7-15/h3-11,14H,12H2,1-2H3. The molecule has 3 heteroatoms. The lowest BCUT2D eigenvalue weighted by Gasteiger charge is -2.11. The smallest absolute Gasteiger partial charge is 0.334 e. The number of esters is 1. The highest BCUT2D eigenvalue weighted by Gasteiger charge is 2.28. The van der Waals surface area contributed by atoms with Gasteiger partial charge in [0, 0.05) is 11.1 Å². The molecule has 0 saturated heterocycles. The minimum atomic E-state index is -0.230. The molecular weight excluding hydrogens is 276 g/mol. The van der Waals surface area contributed by atoms with Crippen LogP contribution in [0.1, 0.15) is 25.0 Å². The maximum Gasteiger partial charge on any atom is 0.334 e. The van der Waals surface area contributed by atoms with E-state index >= 15 is 0 Å². The summed E-state index contributed by atoms with van der Waals surface area (Å²) in [7, 11) is 0. The summed E-state index contributed by atoms with van der Waals surface area (Å²) in [6.07, 6.45) is -0.191. The van der Waals surface area contributed by atoms with Gasteiger partial charge >= 0.3 is 5.97 Å². The van der Waals surface area contributed by atoms with Crippen molar-refractivity contribution in [3.05, 3.63) is 71.3 Å². The maximum atomic E-state index is 11.6. The molecule has 3 rings (SSSR count). The summed E-state index contributed by atoms with van der Waals surface area (Å²) >= 11 is 0. The van der Waals surface area contributed by atoms with Crippen LogP contribution in [0.4, 0.5) is 0 Å². The van der Waals surface area contributed by atoms with Gasteiger partial charge in [0.1, 0.15) is 18.5 Å². The molecule has 22 heavy (non-hydrogen) atoms. The number of carbonyl (C=O) groups excluding carboxylic acids is 1. The molecule has 0 aromatic heterocycles. The first-order valence-electron chi connectivity index (χ1n) is 7.34. The zero-order valence-corrected chi connectivity index (χ0v) is 12.7. The Morgan fingerprint density at radius 2 is 1.73 bits per heavy atom. The number of benzene rings is 2. The summed E-state index contributed by atoms with van der Waals surface area (Å²) in [5, 5.41) is 0. The number of hydrogen-bond acceptors (Lipinski definition) is 3. The molecule has 0 bridgehead atoms. The summed E-state index contributed by atoms with van der Waals surface area (Å²) in [6.45, 7) is 4.24. The Morgan fingerprint density at radius 3 is 2.32 bits per heavy atom. The summed E-state index contributed by atoms with van der Waals surface area (Å²) < 4.78 is 11.0. The van der Waals surface area contributed by atoms with Crippen molar-refractivity contribution in [3.8, 4) is 5.75 Å². The first-order chi connectivity index (χ1) is 10.6. The fourth-order valence-electron chi connectivity index (χ4n) is 2.65. The second kappa shape index (κ2) is 6.06. The highest BCUT2D eigenvalue weighted by Crippen LogP contribution is 2.32. The molecule has 0 radical (unpaired) electrons. The Labute approximate surface area is 130 Å². The van der Waals surface area contributed by atoms with E-state index in [-0.39, 0.29) is 12.1 Å². The van der Waals surface area contributed by atoms with E-state index in [0.29, 0.717) is 12.2 Å². The third kappa shape index (κ3) is 2.89. The number of hydrogen-bond donors (Lipinski definition) is 0. The summed E-state index contributed by atoms with van der Waals surface area (Å²) in [5.74, 6) is 0.579. The van der Waals surface area contributed by atoms with Gasteiger partial charge in [-0.25, -0.2) is 4.79 Å². The number of rotatable bonds is 4. The normalized spacial score (nSPS) is 17.5. The van der Waals surface area contributed by atoms with Crippen molar-refractivity contribution < 1.29 is 14.3 Å². The molecule has 1 atom stereocenters. The van der Waals surface area contributed by atoms with Gasteiger partial charge in [0.05, 0.1) is 0 Å². The zero-order chi connectivity index (χ0) is 15.5. The SMILES string of the molecule is CC1=C(c2ccc(OCc3ccccc3)cc2)C(C)OC1=O. The molecule has 1 aliphatic rings. The molecule has 1 heterocycles. The van der Waals surface area contributed by atoms with Gasteiger partial charge in [-0.1, -0.05) is 42.5 Å². The molecule has 0 saturated carbocycles. The van der Waals surface area contributed by atoms with E-state index in [1.165, 1.54) is 0 Å². The van der Waals surface area contributed by atoms with Crippen LogP contribution < -0.4 is 4.74 Å². The average Bonchev–Trinajstić information content (AvgIpc) is 2.80. The Bertz CT molecular complexity index is 699. The topological polar surface area (TPSA) is 35.5 Å². The van der Waals surface area contributed by atoms with Crippen molar-refractivity contribution in [2.24, 2.45) is 0 Å². The van der Waals surface area contributed by atoms with E-state index in [0.717, 1.165) is 22.4 Å². The Morgan fingerprint density at radius 1 is 1.05 bits per heavy atom. The Balaban J connectivity index is 1.72. The first-order valence-corrected chi connectivity index (χ1v) is 7.34. The zero-order valence-electron chi connectivity index (χ0n) is 12.7. The van der Waals surface area contributed by atoms with Gasteiger partial charge in [-0.3, -0.25) is 0 Å². The molecule has 112 valence electrons. The van der Waals surface area contributed by atoms with Gasteiger partial charge in [-0.2, -0.15) is 0 Å². The molecule has 2 aromatic carbocycles. The molecule has 1 aliphatic heterocycles. The maximum absolute atomic E-state index is 11.6. The van der Waals surface area contributed by atoms with Crippen molar-refractivity contribution >= 4 is 11.5 Å². The van der Waals surface area contributed by atoms with Crippen LogP contribution in [0, 0.1) is 0 Å². The van der Waals surface area contributed by atoms with Crippen LogP contribution in [0.3, 0.4) is 0 Å². The van der Waals surface area contributed by atoms with E-state index in [2.05, 4.69) is 0 Å². The highest BCUT2D eigenvalue weighted by atomic mass is 16.5. The minimum Gasteiger partial charge on any atom is -0.489 e. The molecular formula is C19H18O3. The van der Waals surface area contributed by atoms with Gasteiger partial charge < -0.3 is 9.47 Å². The molecule has 1 unspecified atom stereocenters. The highest BCUT2D eigenvalue weighted by molar-refractivity contribution is 6.02. The summed E-state index contributed by atoms with van der Waals surface area (Å²) in [4.78, 5) is 11.6. The van der Waals surface area contributed by atoms with Gasteiger partial charge in [0.25, 0.3) is 0 Å². The van der Waals surface area contributed by atoms with Crippen molar-refractivity contribution in [1.82, 2.24) is 0 Å². The second-order valence-corrected chi connectivity index (χ2v) is 5.38. The van der Waals surface area contributed by atoms with E-state index in [1.807, 2.05) is 61.5 Å². The van der Waals surface area contributed by atoms with E-state index in [4.69, 9.17) is 9.47 Å². The van der Waals surface area contributed by atoms with Crippen LogP contribution in [0.5, 0.6) is 5.75 Å². The molecule has 0 spiro atoms. The van der Waals surface area contributed by atoms with Crippen LogP contribution in [0.2, 0.25) is 0 Å². The fraction of sp³-hybridized carbons (Fsp3) is 0.211. The number of carbonyl (C=O) groups is 1. The number of ether oxygens (including phenoxy) is 2. The van der Waals surface area contributed by atoms with Crippen molar-refractivity contribution in [2.45, 2.75) is 26.6 Å². The second-order valence-electron chi connectivity index (χ2n) is 5.38. The molecule has 0 amide bonds. The van der Waals surface area contributed by atoms with Crippen molar-refractivity contribution in [1.29, 1.82) is 0 Å². The van der Waals surface area contributed by atoms with Crippen LogP contribution in [0.25, 0.3) is 5.57 Å². The lowest BCUT2D eigenvalue weighted by Crippen LogP contribution is -2.05. The molecule has 3 nitrogen and oxygen atoms in total. The summed E-state index contributed by atoms with van der Waals surface area (Å²) in [5.41, 5.74) is 3.78. The number of cyclic esters (lactones) is 1. The monoisotopic (exact) mass is 294 g/mol. The van der Waals surface area contributed by atoms with Crippen molar-refractivity contribution in [3.63, 3.8) is 0 Å². The van der Waals surface area contributed by atoms with Gasteiger partial charge in [0.2, 0.25) is 0 Å². The minimum absolute atomic E-state index is 0.191. The van der Waals surface area contributed by atoms with Crippen LogP contribution in [-0.4, -0.2) is 12.1 Å². The Kier molecular flexibility index (Phi) is 3.96. The quantitative estimate of drug-likeness (QED) is 0.800. The lowest BCUT2D eigenvalue weighted by atomic mass is 9.98. The predicted octanol–water partition coefficient (Wildman–Crippen LogP) is 3.98. The predicted molar refractivity (Wildman–Crippen MR) is 85.4 cm³/mol. The van der Waals surface area contributed by atoms with Crippen LogP contribution in [0.15, 0.2) is 60.2 Å². The fourth-order valence-corrected chi connectivity index (χ4v) is 2.65. The largest absolute Gasteiger partial charge is 0.489 e. The summed E-state index contributed by atoms with van der Waals surface area (Å²) in [6, 6.07) is 17.8. The van der Waals surface area contributed by atoms with E-state index < -0.39 is 0 Å². The van der Waals surface area contributed by atoms with E-state index in [9.17, 15) is 4.79 Å². The molecule has 0 fully saturated rings. The third-order valence-electron chi connectivity index (χ3n) is 3.81. The van der Waals surface area contributed by atoms with E-state index in [1.54, 1.807) is 6.92 Å². The van der Waals surface area contributed by atoms with Gasteiger partial charge in [-0.15, -0.1) is 0 Å². The molecule has 2 aromatic rings. The first kappa shape index (κ1) is 14.4.